The first-order chi connectivity index (χ1) is 15.6. The van der Waals surface area contributed by atoms with Crippen LogP contribution in [-0.4, -0.2) is 70.4 Å². The van der Waals surface area contributed by atoms with E-state index in [9.17, 15) is 9.00 Å². The summed E-state index contributed by atoms with van der Waals surface area (Å²) in [6, 6.07) is 9.55. The van der Waals surface area contributed by atoms with Crippen molar-refractivity contribution in [3.8, 4) is 5.75 Å². The number of carbonyl (C=O) groups excluding carboxylic acids is 1. The Morgan fingerprint density at radius 3 is 2.52 bits per heavy atom. The third-order valence-electron chi connectivity index (χ3n) is 7.06. The third kappa shape index (κ3) is 3.38. The number of nitrogens with one attached hydrogen (secondary N) is 1. The van der Waals surface area contributed by atoms with E-state index < -0.39 is 15.1 Å². The van der Waals surface area contributed by atoms with Gasteiger partial charge < -0.3 is 14.6 Å². The maximum absolute atomic E-state index is 14.0. The number of rotatable bonds is 3. The molecule has 1 fully saturated rings. The lowest BCUT2D eigenvalue weighted by molar-refractivity contribution is 0.103. The lowest BCUT2D eigenvalue weighted by Crippen LogP contribution is -2.47. The fraction of sp³-hybridized carbons (Fsp3) is 0.360. The number of hydrogen-bond donors (Lipinski definition) is 1. The van der Waals surface area contributed by atoms with Crippen LogP contribution in [0.5, 0.6) is 5.75 Å². The fourth-order valence-corrected chi connectivity index (χ4v) is 7.19. The molecular weight excluding hydrogens is 502 g/mol. The van der Waals surface area contributed by atoms with E-state index in [2.05, 4.69) is 52.6 Å². The number of piperazine rings is 1. The normalized spacial score (nSPS) is 20.3. The zero-order chi connectivity index (χ0) is 23.7. The zero-order valence-corrected chi connectivity index (χ0v) is 21.7. The maximum Gasteiger partial charge on any atom is 0.195 e. The van der Waals surface area contributed by atoms with Crippen LogP contribution in [-0.2, 0) is 15.1 Å². The molecule has 0 amide bonds. The van der Waals surface area contributed by atoms with Crippen LogP contribution < -0.4 is 4.74 Å². The van der Waals surface area contributed by atoms with Gasteiger partial charge in [0.05, 0.1) is 27.3 Å². The summed E-state index contributed by atoms with van der Waals surface area (Å²) in [6.45, 7) is 7.14. The van der Waals surface area contributed by atoms with Crippen molar-refractivity contribution in [3.05, 3.63) is 57.2 Å². The van der Waals surface area contributed by atoms with Gasteiger partial charge in [0.1, 0.15) is 5.75 Å². The van der Waals surface area contributed by atoms with E-state index in [1.807, 2.05) is 28.6 Å². The van der Waals surface area contributed by atoms with E-state index in [0.717, 1.165) is 39.7 Å². The number of halogens is 1. The maximum atomic E-state index is 14.0. The lowest BCUT2D eigenvalue weighted by Gasteiger charge is -2.36. The first-order valence-electron chi connectivity index (χ1n) is 11.0. The van der Waals surface area contributed by atoms with E-state index in [0.29, 0.717) is 34.9 Å². The Hall–Kier alpha value is -2.13. The van der Waals surface area contributed by atoms with E-state index in [4.69, 9.17) is 4.74 Å². The molecule has 0 spiro atoms. The minimum absolute atomic E-state index is 0.0645. The van der Waals surface area contributed by atoms with Gasteiger partial charge in [-0.3, -0.25) is 4.79 Å². The topological polar surface area (TPSA) is 65.6 Å². The standard InChI is InChI=1S/C25H28BrN3O3S/c1-25(2)18-14-20(32-4)21(33(5,31)29-10-8-28(3)9-11-29)13-17(18)23(30)22-16-7-6-15(26)12-19(16)27-24(22)25/h6-7,12-14,27H,5,8-11H2,1-4H3. The number of fused-ring (bicyclic) bond motifs is 4. The number of ether oxygens (including phenoxy) is 1. The number of methoxy groups -OCH3 is 1. The van der Waals surface area contributed by atoms with Crippen LogP contribution in [0, 0.1) is 0 Å². The highest BCUT2D eigenvalue weighted by atomic mass is 79.9. The quantitative estimate of drug-likeness (QED) is 0.520. The summed E-state index contributed by atoms with van der Waals surface area (Å²) in [4.78, 5) is 20.0. The van der Waals surface area contributed by atoms with Crippen molar-refractivity contribution in [2.75, 3.05) is 40.3 Å². The molecule has 2 aliphatic rings. The second-order valence-corrected chi connectivity index (χ2v) is 12.6. The minimum Gasteiger partial charge on any atom is -0.495 e. The van der Waals surface area contributed by atoms with Crippen LogP contribution >= 0.6 is 15.9 Å². The highest BCUT2D eigenvalue weighted by molar-refractivity contribution is 9.10. The number of ketones is 1. The summed E-state index contributed by atoms with van der Waals surface area (Å²) in [5.41, 5.74) is 3.44. The summed E-state index contributed by atoms with van der Waals surface area (Å²) in [6.07, 6.45) is 0. The number of H-pyrrole nitrogens is 1. The van der Waals surface area contributed by atoms with Crippen molar-refractivity contribution in [2.45, 2.75) is 24.2 Å². The van der Waals surface area contributed by atoms with E-state index in [1.165, 1.54) is 0 Å². The summed E-state index contributed by atoms with van der Waals surface area (Å²) in [5.74, 6) is 4.58. The Morgan fingerprint density at radius 1 is 1.15 bits per heavy atom. The first kappa shape index (κ1) is 22.7. The third-order valence-corrected chi connectivity index (χ3v) is 9.76. The average molecular weight is 530 g/mol. The number of benzene rings is 2. The average Bonchev–Trinajstić information content (AvgIpc) is 3.17. The first-order valence-corrected chi connectivity index (χ1v) is 13.4. The van der Waals surface area contributed by atoms with Crippen LogP contribution in [0.2, 0.25) is 0 Å². The molecule has 3 aromatic rings. The van der Waals surface area contributed by atoms with Gasteiger partial charge in [-0.15, -0.1) is 0 Å². The van der Waals surface area contributed by atoms with Crippen molar-refractivity contribution < 1.29 is 13.7 Å². The second-order valence-electron chi connectivity index (χ2n) is 9.44. The van der Waals surface area contributed by atoms with Gasteiger partial charge in [0.25, 0.3) is 0 Å². The van der Waals surface area contributed by atoms with E-state index in [-0.39, 0.29) is 5.78 Å². The molecule has 5 rings (SSSR count). The molecule has 1 N–H and O–H groups in total. The molecule has 1 aliphatic carbocycles. The van der Waals surface area contributed by atoms with Crippen LogP contribution in [0.4, 0.5) is 0 Å². The van der Waals surface area contributed by atoms with Crippen LogP contribution in [0.1, 0.15) is 41.0 Å². The number of carbonyl (C=O) groups is 1. The number of hydrogen-bond acceptors (Lipinski definition) is 4. The van der Waals surface area contributed by atoms with Crippen LogP contribution in [0.3, 0.4) is 0 Å². The number of nitrogens with zero attached hydrogens (tertiary/aromatic N) is 2. The molecule has 2 aromatic carbocycles. The monoisotopic (exact) mass is 529 g/mol. The summed E-state index contributed by atoms with van der Waals surface area (Å²) in [7, 11) is 0.814. The predicted octanol–water partition coefficient (Wildman–Crippen LogP) is 4.05. The molecule has 6 nitrogen and oxygen atoms in total. The largest absolute Gasteiger partial charge is 0.495 e. The molecule has 0 bridgehead atoms. The van der Waals surface area contributed by atoms with Crippen molar-refractivity contribution in [1.82, 2.24) is 14.2 Å². The van der Waals surface area contributed by atoms with Crippen molar-refractivity contribution >= 4 is 48.2 Å². The fourth-order valence-electron chi connectivity index (χ4n) is 5.04. The molecule has 1 aromatic heterocycles. The van der Waals surface area contributed by atoms with Gasteiger partial charge in [-0.1, -0.05) is 35.8 Å². The molecule has 1 atom stereocenters. The Morgan fingerprint density at radius 2 is 1.85 bits per heavy atom. The van der Waals surface area contributed by atoms with Crippen LogP contribution in [0.15, 0.2) is 39.7 Å². The van der Waals surface area contributed by atoms with E-state index in [1.54, 1.807) is 13.2 Å². The minimum atomic E-state index is -2.82. The SMILES string of the molecule is C=S(=O)(c1cc2c(cc1OC)C(C)(C)c1[nH]c3cc(Br)ccc3c1C2=O)N1CCN(C)CC1. The zero-order valence-electron chi connectivity index (χ0n) is 19.3. The Bertz CT molecular complexity index is 1400. The smallest absolute Gasteiger partial charge is 0.195 e. The highest BCUT2D eigenvalue weighted by Crippen LogP contribution is 2.46. The second kappa shape index (κ2) is 7.70. The van der Waals surface area contributed by atoms with Gasteiger partial charge in [0.15, 0.2) is 5.78 Å². The summed E-state index contributed by atoms with van der Waals surface area (Å²) in [5, 5.41) is 0.892. The molecule has 1 aliphatic heterocycles. The molecule has 2 heterocycles. The molecule has 174 valence electrons. The number of aromatic amines is 1. The van der Waals surface area contributed by atoms with Gasteiger partial charge in [-0.2, -0.15) is 0 Å². The van der Waals surface area contributed by atoms with Crippen LogP contribution in [0.25, 0.3) is 10.9 Å². The predicted molar refractivity (Wildman–Crippen MR) is 137 cm³/mol. The lowest BCUT2D eigenvalue weighted by atomic mass is 9.71. The van der Waals surface area contributed by atoms with Gasteiger partial charge >= 0.3 is 0 Å². The summed E-state index contributed by atoms with van der Waals surface area (Å²) < 4.78 is 22.6. The van der Waals surface area contributed by atoms with Crippen molar-refractivity contribution in [1.29, 1.82) is 0 Å². The Labute approximate surface area is 203 Å². The highest BCUT2D eigenvalue weighted by Gasteiger charge is 2.41. The molecular formula is C25H28BrN3O3S. The van der Waals surface area contributed by atoms with Crippen molar-refractivity contribution in [3.63, 3.8) is 0 Å². The number of likely N-dealkylation sites (N-methyl/N-ethyl adjacent to an activating group) is 1. The van der Waals surface area contributed by atoms with Gasteiger partial charge in [-0.05, 0) is 42.7 Å². The molecule has 0 radical (unpaired) electrons. The molecule has 33 heavy (non-hydrogen) atoms. The Kier molecular flexibility index (Phi) is 5.28. The summed E-state index contributed by atoms with van der Waals surface area (Å²) >= 11 is 3.52. The molecule has 8 heteroatoms. The van der Waals surface area contributed by atoms with E-state index >= 15 is 0 Å². The molecule has 0 saturated carbocycles. The molecule has 1 unspecified atom stereocenters. The Balaban J connectivity index is 1.71. The molecule has 1 saturated heterocycles. The van der Waals surface area contributed by atoms with Gasteiger partial charge in [0.2, 0.25) is 0 Å². The van der Waals surface area contributed by atoms with Gasteiger partial charge in [-0.25, -0.2) is 8.51 Å². The number of aromatic nitrogens is 1. The van der Waals surface area contributed by atoms with Gasteiger partial charge in [0, 0.05) is 58.2 Å². The van der Waals surface area contributed by atoms with Crippen molar-refractivity contribution in [2.24, 2.45) is 0 Å².